The van der Waals surface area contributed by atoms with Gasteiger partial charge >= 0.3 is 0 Å². The molecule has 0 saturated heterocycles. The van der Waals surface area contributed by atoms with E-state index in [0.29, 0.717) is 38.9 Å². The summed E-state index contributed by atoms with van der Waals surface area (Å²) in [6.45, 7) is 0. The summed E-state index contributed by atoms with van der Waals surface area (Å²) < 4.78 is 18.0. The van der Waals surface area contributed by atoms with Crippen LogP contribution < -0.4 is 19.5 Å². The first kappa shape index (κ1) is 21.8. The van der Waals surface area contributed by atoms with Gasteiger partial charge in [-0.1, -0.05) is 35.5 Å². The number of carbonyl (C=O) groups excluding carboxylic acids is 1. The van der Waals surface area contributed by atoms with Crippen molar-refractivity contribution in [1.29, 1.82) is 0 Å². The average Bonchev–Trinajstić information content (AvgIpc) is 3.13. The number of aromatic nitrogens is 3. The van der Waals surface area contributed by atoms with Gasteiger partial charge in [-0.3, -0.25) is 4.79 Å². The standard InChI is InChI=1S/C20H21ClN4O4S/c1-25-19(12-9-15(27-2)18(29-4)16(10-12)28-3)23-24-20(25)30-11-17(26)22-14-8-6-5-7-13(14)21/h5-10H,11H2,1-4H3,(H,22,26). The Morgan fingerprint density at radius 3 is 2.37 bits per heavy atom. The van der Waals surface area contributed by atoms with E-state index in [9.17, 15) is 4.79 Å². The Morgan fingerprint density at radius 2 is 1.77 bits per heavy atom. The maximum absolute atomic E-state index is 12.3. The minimum absolute atomic E-state index is 0.159. The highest BCUT2D eigenvalue weighted by Gasteiger charge is 2.19. The number of anilines is 1. The van der Waals surface area contributed by atoms with Crippen molar-refractivity contribution in [1.82, 2.24) is 14.8 Å². The fourth-order valence-corrected chi connectivity index (χ4v) is 3.68. The molecule has 0 saturated carbocycles. The van der Waals surface area contributed by atoms with E-state index >= 15 is 0 Å². The second-order valence-corrected chi connectivity index (χ2v) is 7.45. The van der Waals surface area contributed by atoms with Crippen molar-refractivity contribution in [2.75, 3.05) is 32.4 Å². The van der Waals surface area contributed by atoms with Crippen LogP contribution in [0.3, 0.4) is 0 Å². The summed E-state index contributed by atoms with van der Waals surface area (Å²) in [5.41, 5.74) is 1.31. The summed E-state index contributed by atoms with van der Waals surface area (Å²) in [6.07, 6.45) is 0. The number of methoxy groups -OCH3 is 3. The number of hydrogen-bond acceptors (Lipinski definition) is 7. The van der Waals surface area contributed by atoms with Crippen LogP contribution in [-0.4, -0.2) is 47.8 Å². The number of halogens is 1. The molecule has 3 aromatic rings. The molecule has 0 atom stereocenters. The highest BCUT2D eigenvalue weighted by atomic mass is 35.5. The molecule has 30 heavy (non-hydrogen) atoms. The van der Waals surface area contributed by atoms with Crippen LogP contribution in [0.5, 0.6) is 17.2 Å². The minimum Gasteiger partial charge on any atom is -0.493 e. The lowest BCUT2D eigenvalue weighted by molar-refractivity contribution is -0.113. The van der Waals surface area contributed by atoms with Gasteiger partial charge in [-0.2, -0.15) is 0 Å². The molecule has 0 radical (unpaired) electrons. The predicted octanol–water partition coefficient (Wildman–Crippen LogP) is 3.89. The van der Waals surface area contributed by atoms with Crippen molar-refractivity contribution >= 4 is 35.0 Å². The lowest BCUT2D eigenvalue weighted by atomic mass is 10.1. The Hall–Kier alpha value is -2.91. The van der Waals surface area contributed by atoms with Gasteiger partial charge in [-0.05, 0) is 24.3 Å². The molecule has 0 unspecified atom stereocenters. The second-order valence-electron chi connectivity index (χ2n) is 6.10. The molecule has 0 aliphatic rings. The normalized spacial score (nSPS) is 10.6. The molecule has 1 N–H and O–H groups in total. The number of benzene rings is 2. The molecular weight excluding hydrogens is 428 g/mol. The number of hydrogen-bond donors (Lipinski definition) is 1. The van der Waals surface area contributed by atoms with Gasteiger partial charge in [0, 0.05) is 12.6 Å². The summed E-state index contributed by atoms with van der Waals surface area (Å²) in [6, 6.07) is 10.7. The van der Waals surface area contributed by atoms with Gasteiger partial charge in [-0.15, -0.1) is 10.2 Å². The van der Waals surface area contributed by atoms with Crippen LogP contribution >= 0.6 is 23.4 Å². The Balaban J connectivity index is 1.76. The predicted molar refractivity (Wildman–Crippen MR) is 117 cm³/mol. The van der Waals surface area contributed by atoms with Crippen molar-refractivity contribution in [2.24, 2.45) is 7.05 Å². The zero-order chi connectivity index (χ0) is 21.7. The SMILES string of the molecule is COc1cc(-c2nnc(SCC(=O)Nc3ccccc3Cl)n2C)cc(OC)c1OC. The molecule has 0 spiro atoms. The Morgan fingerprint density at radius 1 is 1.10 bits per heavy atom. The molecule has 0 aliphatic heterocycles. The molecule has 1 amide bonds. The topological polar surface area (TPSA) is 87.5 Å². The Labute approximate surface area is 183 Å². The monoisotopic (exact) mass is 448 g/mol. The fraction of sp³-hybridized carbons (Fsp3) is 0.250. The maximum Gasteiger partial charge on any atom is 0.234 e. The summed E-state index contributed by atoms with van der Waals surface area (Å²) in [4.78, 5) is 12.3. The minimum atomic E-state index is -0.189. The van der Waals surface area contributed by atoms with Crippen molar-refractivity contribution in [3.05, 3.63) is 41.4 Å². The number of ether oxygens (including phenoxy) is 3. The van der Waals surface area contributed by atoms with Crippen molar-refractivity contribution in [2.45, 2.75) is 5.16 Å². The van der Waals surface area contributed by atoms with Crippen LogP contribution in [0, 0.1) is 0 Å². The van der Waals surface area contributed by atoms with E-state index in [4.69, 9.17) is 25.8 Å². The first-order valence-corrected chi connectivity index (χ1v) is 10.2. The zero-order valence-corrected chi connectivity index (χ0v) is 18.5. The van der Waals surface area contributed by atoms with E-state index in [0.717, 1.165) is 5.56 Å². The van der Waals surface area contributed by atoms with E-state index in [1.54, 1.807) is 62.3 Å². The van der Waals surface area contributed by atoms with Crippen LogP contribution in [-0.2, 0) is 11.8 Å². The molecule has 8 nitrogen and oxygen atoms in total. The van der Waals surface area contributed by atoms with E-state index < -0.39 is 0 Å². The molecule has 2 aromatic carbocycles. The highest BCUT2D eigenvalue weighted by Crippen LogP contribution is 2.41. The van der Waals surface area contributed by atoms with Crippen LogP contribution in [0.4, 0.5) is 5.69 Å². The van der Waals surface area contributed by atoms with Crippen LogP contribution in [0.15, 0.2) is 41.6 Å². The van der Waals surface area contributed by atoms with E-state index in [1.807, 2.05) is 7.05 Å². The Kier molecular flexibility index (Phi) is 7.07. The number of amides is 1. The van der Waals surface area contributed by atoms with Crippen LogP contribution in [0.2, 0.25) is 5.02 Å². The molecule has 10 heteroatoms. The van der Waals surface area contributed by atoms with Gasteiger partial charge in [0.25, 0.3) is 0 Å². The Bertz CT molecular complexity index is 1030. The number of nitrogens with one attached hydrogen (secondary N) is 1. The van der Waals surface area contributed by atoms with E-state index in [-0.39, 0.29) is 11.7 Å². The fourth-order valence-electron chi connectivity index (χ4n) is 2.78. The number of thioether (sulfide) groups is 1. The van der Waals surface area contributed by atoms with Gasteiger partial charge in [0.05, 0.1) is 37.8 Å². The third-order valence-electron chi connectivity index (χ3n) is 4.24. The average molecular weight is 449 g/mol. The maximum atomic E-state index is 12.3. The summed E-state index contributed by atoms with van der Waals surface area (Å²) >= 11 is 7.35. The molecule has 1 aromatic heterocycles. The first-order valence-electron chi connectivity index (χ1n) is 8.85. The van der Waals surface area contributed by atoms with Crippen molar-refractivity contribution in [3.8, 4) is 28.6 Å². The molecule has 158 valence electrons. The van der Waals surface area contributed by atoms with Crippen LogP contribution in [0.25, 0.3) is 11.4 Å². The molecule has 1 heterocycles. The van der Waals surface area contributed by atoms with Gasteiger partial charge < -0.3 is 24.1 Å². The van der Waals surface area contributed by atoms with Gasteiger partial charge in [0.1, 0.15) is 0 Å². The third kappa shape index (κ3) is 4.63. The quantitative estimate of drug-likeness (QED) is 0.523. The van der Waals surface area contributed by atoms with Gasteiger partial charge in [-0.25, -0.2) is 0 Å². The number of nitrogens with zero attached hydrogens (tertiary/aromatic N) is 3. The van der Waals surface area contributed by atoms with Crippen LogP contribution in [0.1, 0.15) is 0 Å². The van der Waals surface area contributed by atoms with Gasteiger partial charge in [0.2, 0.25) is 11.7 Å². The smallest absolute Gasteiger partial charge is 0.234 e. The first-order chi connectivity index (χ1) is 14.5. The second kappa shape index (κ2) is 9.73. The van der Waals surface area contributed by atoms with E-state index in [2.05, 4.69) is 15.5 Å². The number of carbonyl (C=O) groups is 1. The summed E-state index contributed by atoms with van der Waals surface area (Å²) in [5.74, 6) is 2.10. The largest absolute Gasteiger partial charge is 0.493 e. The van der Waals surface area contributed by atoms with E-state index in [1.165, 1.54) is 11.8 Å². The highest BCUT2D eigenvalue weighted by molar-refractivity contribution is 7.99. The van der Waals surface area contributed by atoms with Crippen molar-refractivity contribution in [3.63, 3.8) is 0 Å². The number of para-hydroxylation sites is 1. The molecule has 0 aliphatic carbocycles. The summed E-state index contributed by atoms with van der Waals surface area (Å²) in [5, 5.41) is 12.3. The molecular formula is C20H21ClN4O4S. The lowest BCUT2D eigenvalue weighted by Crippen LogP contribution is -2.14. The van der Waals surface area contributed by atoms with Crippen molar-refractivity contribution < 1.29 is 19.0 Å². The lowest BCUT2D eigenvalue weighted by Gasteiger charge is -2.14. The molecule has 3 rings (SSSR count). The summed E-state index contributed by atoms with van der Waals surface area (Å²) in [7, 11) is 6.48. The molecule has 0 bridgehead atoms. The zero-order valence-electron chi connectivity index (χ0n) is 16.9. The molecule has 0 fully saturated rings. The van der Waals surface area contributed by atoms with Gasteiger partial charge in [0.15, 0.2) is 22.5 Å². The number of rotatable bonds is 8. The third-order valence-corrected chi connectivity index (χ3v) is 5.59.